The molecule has 1 aliphatic carbocycles. The maximum Gasteiger partial charge on any atom is 0.328 e. The normalized spacial score (nSPS) is 20.3. The van der Waals surface area contributed by atoms with Crippen LogP contribution >= 0.6 is 0 Å². The summed E-state index contributed by atoms with van der Waals surface area (Å²) in [7, 11) is 0. The van der Waals surface area contributed by atoms with E-state index in [9.17, 15) is 4.79 Å². The largest absolute Gasteiger partial charge is 0.478 e. The maximum absolute atomic E-state index is 10.6. The number of carbonyl (C=O) groups is 1. The van der Waals surface area contributed by atoms with Gasteiger partial charge in [0.2, 0.25) is 0 Å². The van der Waals surface area contributed by atoms with Gasteiger partial charge in [-0.15, -0.1) is 0 Å². The molecule has 2 heteroatoms. The van der Waals surface area contributed by atoms with Crippen LogP contribution in [0.2, 0.25) is 0 Å². The molecule has 0 aliphatic heterocycles. The smallest absolute Gasteiger partial charge is 0.328 e. The summed E-state index contributed by atoms with van der Waals surface area (Å²) in [5, 5.41) is 8.70. The number of hydrogen-bond donors (Lipinski definition) is 1. The minimum Gasteiger partial charge on any atom is -0.478 e. The molecule has 1 N–H and O–H groups in total. The second-order valence-electron chi connectivity index (χ2n) is 7.42. The lowest BCUT2D eigenvalue weighted by molar-refractivity contribution is -0.131. The Morgan fingerprint density at radius 3 is 2.08 bits per heavy atom. The predicted molar refractivity (Wildman–Crippen MR) is 108 cm³/mol. The highest BCUT2D eigenvalue weighted by molar-refractivity contribution is 5.85. The Morgan fingerprint density at radius 1 is 0.962 bits per heavy atom. The zero-order valence-corrected chi connectivity index (χ0v) is 15.5. The summed E-state index contributed by atoms with van der Waals surface area (Å²) in [6.45, 7) is 2.29. The second kappa shape index (κ2) is 8.84. The summed E-state index contributed by atoms with van der Waals surface area (Å²) in [5.41, 5.74) is 4.75. The summed E-state index contributed by atoms with van der Waals surface area (Å²) in [6.07, 6.45) is 10.9. The lowest BCUT2D eigenvalue weighted by atomic mass is 9.77. The SMILES string of the molecule is CCCC1CCC(c2ccc(-c3ccc(C=CC(=O)O)cc3)cc2)CC1. The Hall–Kier alpha value is -2.35. The van der Waals surface area contributed by atoms with E-state index in [1.165, 1.54) is 55.7 Å². The fraction of sp³-hybridized carbons (Fsp3) is 0.375. The molecule has 2 aromatic rings. The third kappa shape index (κ3) is 4.85. The molecule has 0 saturated heterocycles. The molecule has 2 nitrogen and oxygen atoms in total. The lowest BCUT2D eigenvalue weighted by Crippen LogP contribution is -2.13. The molecule has 26 heavy (non-hydrogen) atoms. The molecule has 3 rings (SSSR count). The third-order valence-corrected chi connectivity index (χ3v) is 5.59. The molecule has 1 aliphatic rings. The molecule has 0 bridgehead atoms. The van der Waals surface area contributed by atoms with Crippen LogP contribution in [0, 0.1) is 5.92 Å². The van der Waals surface area contributed by atoms with Gasteiger partial charge in [0.05, 0.1) is 0 Å². The van der Waals surface area contributed by atoms with E-state index in [2.05, 4.69) is 31.2 Å². The Morgan fingerprint density at radius 2 is 1.54 bits per heavy atom. The van der Waals surface area contributed by atoms with Crippen molar-refractivity contribution in [2.75, 3.05) is 0 Å². The Balaban J connectivity index is 1.63. The van der Waals surface area contributed by atoms with E-state index in [-0.39, 0.29) is 0 Å². The van der Waals surface area contributed by atoms with Crippen molar-refractivity contribution >= 4 is 12.0 Å². The number of carboxylic acids is 1. The van der Waals surface area contributed by atoms with Crippen LogP contribution in [0.4, 0.5) is 0 Å². The van der Waals surface area contributed by atoms with E-state index in [0.29, 0.717) is 0 Å². The molecule has 0 unspecified atom stereocenters. The highest BCUT2D eigenvalue weighted by Gasteiger charge is 2.21. The van der Waals surface area contributed by atoms with Crippen molar-refractivity contribution in [1.29, 1.82) is 0 Å². The van der Waals surface area contributed by atoms with Gasteiger partial charge in [-0.05, 0) is 65.8 Å². The summed E-state index contributed by atoms with van der Waals surface area (Å²) in [4.78, 5) is 10.6. The van der Waals surface area contributed by atoms with E-state index in [1.54, 1.807) is 6.08 Å². The van der Waals surface area contributed by atoms with Crippen molar-refractivity contribution in [3.8, 4) is 11.1 Å². The summed E-state index contributed by atoms with van der Waals surface area (Å²) < 4.78 is 0. The van der Waals surface area contributed by atoms with Gasteiger partial charge >= 0.3 is 5.97 Å². The van der Waals surface area contributed by atoms with E-state index >= 15 is 0 Å². The molecule has 0 heterocycles. The fourth-order valence-electron chi connectivity index (χ4n) is 4.09. The number of hydrogen-bond acceptors (Lipinski definition) is 1. The van der Waals surface area contributed by atoms with Crippen molar-refractivity contribution in [2.45, 2.75) is 51.4 Å². The van der Waals surface area contributed by atoms with Gasteiger partial charge < -0.3 is 5.11 Å². The predicted octanol–water partition coefficient (Wildman–Crippen LogP) is 6.53. The molecular weight excluding hydrogens is 320 g/mol. The van der Waals surface area contributed by atoms with E-state index in [0.717, 1.165) is 23.0 Å². The minimum absolute atomic E-state index is 0.723. The van der Waals surface area contributed by atoms with Crippen LogP contribution < -0.4 is 0 Å². The molecule has 2 aromatic carbocycles. The zero-order valence-electron chi connectivity index (χ0n) is 15.5. The van der Waals surface area contributed by atoms with Crippen LogP contribution in [-0.4, -0.2) is 11.1 Å². The topological polar surface area (TPSA) is 37.3 Å². The third-order valence-electron chi connectivity index (χ3n) is 5.59. The molecule has 1 fully saturated rings. The summed E-state index contributed by atoms with van der Waals surface area (Å²) in [5.74, 6) is 0.748. The van der Waals surface area contributed by atoms with Crippen LogP contribution in [-0.2, 0) is 4.79 Å². The second-order valence-corrected chi connectivity index (χ2v) is 7.42. The van der Waals surface area contributed by atoms with Gasteiger partial charge in [-0.25, -0.2) is 4.79 Å². The van der Waals surface area contributed by atoms with Gasteiger partial charge in [-0.2, -0.15) is 0 Å². The molecule has 0 aromatic heterocycles. The molecule has 0 amide bonds. The quantitative estimate of drug-likeness (QED) is 0.603. The number of carboxylic acid groups (broad SMARTS) is 1. The fourth-order valence-corrected chi connectivity index (χ4v) is 4.09. The zero-order chi connectivity index (χ0) is 18.4. The van der Waals surface area contributed by atoms with Gasteiger partial charge in [0.1, 0.15) is 0 Å². The average molecular weight is 348 g/mol. The first-order valence-corrected chi connectivity index (χ1v) is 9.77. The number of rotatable bonds is 6. The molecule has 1 saturated carbocycles. The van der Waals surface area contributed by atoms with Crippen molar-refractivity contribution in [3.63, 3.8) is 0 Å². The van der Waals surface area contributed by atoms with Crippen molar-refractivity contribution in [3.05, 3.63) is 65.7 Å². The van der Waals surface area contributed by atoms with Crippen LogP contribution in [0.15, 0.2) is 54.6 Å². The Bertz CT molecular complexity index is 733. The Labute approximate surface area is 156 Å². The van der Waals surface area contributed by atoms with Gasteiger partial charge in [0.25, 0.3) is 0 Å². The number of aliphatic carboxylic acids is 1. The highest BCUT2D eigenvalue weighted by Crippen LogP contribution is 2.38. The van der Waals surface area contributed by atoms with Crippen LogP contribution in [0.1, 0.15) is 62.5 Å². The molecule has 0 spiro atoms. The molecular formula is C24H28O2. The molecule has 0 radical (unpaired) electrons. The van der Waals surface area contributed by atoms with Crippen LogP contribution in [0.5, 0.6) is 0 Å². The van der Waals surface area contributed by atoms with E-state index < -0.39 is 5.97 Å². The average Bonchev–Trinajstić information content (AvgIpc) is 2.68. The first-order valence-electron chi connectivity index (χ1n) is 9.77. The molecule has 0 atom stereocenters. The monoisotopic (exact) mass is 348 g/mol. The minimum atomic E-state index is -0.923. The summed E-state index contributed by atoms with van der Waals surface area (Å²) in [6, 6.07) is 17.0. The Kier molecular flexibility index (Phi) is 6.27. The van der Waals surface area contributed by atoms with Gasteiger partial charge in [0.15, 0.2) is 0 Å². The first kappa shape index (κ1) is 18.4. The lowest BCUT2D eigenvalue weighted by Gasteiger charge is -2.28. The standard InChI is InChI=1S/C24H28O2/c1-2-3-18-4-9-20(10-5-18)22-13-15-23(16-14-22)21-11-6-19(7-12-21)8-17-24(25)26/h6-8,11-18,20H,2-5,9-10H2,1H3,(H,25,26). The maximum atomic E-state index is 10.6. The van der Waals surface area contributed by atoms with E-state index in [4.69, 9.17) is 5.11 Å². The van der Waals surface area contributed by atoms with Crippen LogP contribution in [0.25, 0.3) is 17.2 Å². The van der Waals surface area contributed by atoms with Crippen molar-refractivity contribution in [2.24, 2.45) is 5.92 Å². The van der Waals surface area contributed by atoms with Crippen LogP contribution in [0.3, 0.4) is 0 Å². The van der Waals surface area contributed by atoms with E-state index in [1.807, 2.05) is 24.3 Å². The van der Waals surface area contributed by atoms with Crippen molar-refractivity contribution < 1.29 is 9.90 Å². The number of benzene rings is 2. The summed E-state index contributed by atoms with van der Waals surface area (Å²) >= 11 is 0. The van der Waals surface area contributed by atoms with Gasteiger partial charge in [-0.3, -0.25) is 0 Å². The van der Waals surface area contributed by atoms with Crippen molar-refractivity contribution in [1.82, 2.24) is 0 Å². The van der Waals surface area contributed by atoms with Gasteiger partial charge in [0, 0.05) is 6.08 Å². The molecule has 136 valence electrons. The van der Waals surface area contributed by atoms with Gasteiger partial charge in [-0.1, -0.05) is 68.3 Å². The first-order chi connectivity index (χ1) is 12.7. The highest BCUT2D eigenvalue weighted by atomic mass is 16.4.